The Labute approximate surface area is 142 Å². The van der Waals surface area contributed by atoms with Crippen molar-refractivity contribution in [2.75, 3.05) is 26.2 Å². The maximum absolute atomic E-state index is 12.6. The molecule has 0 aromatic heterocycles. The molecule has 0 atom stereocenters. The largest absolute Gasteiger partial charge is 0.378 e. The van der Waals surface area contributed by atoms with Gasteiger partial charge in [-0.25, -0.2) is 0 Å². The molecular formula is C15H20Br2N2O2. The Morgan fingerprint density at radius 1 is 1.33 bits per heavy atom. The number of piperidine rings is 1. The van der Waals surface area contributed by atoms with E-state index in [-0.39, 0.29) is 12.0 Å². The van der Waals surface area contributed by atoms with Crippen LogP contribution in [0.2, 0.25) is 0 Å². The third kappa shape index (κ3) is 4.77. The number of hydrogen-bond donors (Lipinski definition) is 1. The zero-order chi connectivity index (χ0) is 15.2. The van der Waals surface area contributed by atoms with Gasteiger partial charge in [-0.2, -0.15) is 0 Å². The highest BCUT2D eigenvalue weighted by atomic mass is 79.9. The third-order valence-corrected chi connectivity index (χ3v) is 4.77. The molecule has 2 rings (SSSR count). The van der Waals surface area contributed by atoms with Crippen molar-refractivity contribution in [3.8, 4) is 0 Å². The summed E-state index contributed by atoms with van der Waals surface area (Å²) in [5, 5.41) is 0. The Morgan fingerprint density at radius 3 is 2.71 bits per heavy atom. The fourth-order valence-electron chi connectivity index (χ4n) is 2.39. The van der Waals surface area contributed by atoms with Gasteiger partial charge in [0, 0.05) is 28.6 Å². The lowest BCUT2D eigenvalue weighted by Gasteiger charge is -2.32. The lowest BCUT2D eigenvalue weighted by Crippen LogP contribution is -2.41. The van der Waals surface area contributed by atoms with E-state index in [1.54, 1.807) is 0 Å². The molecule has 1 heterocycles. The van der Waals surface area contributed by atoms with Gasteiger partial charge in [0.05, 0.1) is 11.7 Å². The first-order chi connectivity index (χ1) is 10.1. The maximum Gasteiger partial charge on any atom is 0.255 e. The van der Waals surface area contributed by atoms with Crippen molar-refractivity contribution in [2.24, 2.45) is 5.73 Å². The van der Waals surface area contributed by atoms with E-state index in [1.165, 1.54) is 0 Å². The van der Waals surface area contributed by atoms with E-state index in [4.69, 9.17) is 10.5 Å². The number of rotatable bonds is 5. The highest BCUT2D eigenvalue weighted by Gasteiger charge is 2.25. The molecular weight excluding hydrogens is 400 g/mol. The standard InChI is InChI=1S/C15H20Br2N2O2/c16-11-2-3-14(17)13(10-11)15(20)19-7-4-12(5-8-19)21-9-1-6-18/h2-3,10,12H,1,4-9,18H2. The number of nitrogens with zero attached hydrogens (tertiary/aromatic N) is 1. The molecule has 1 aromatic rings. The van der Waals surface area contributed by atoms with Crippen LogP contribution < -0.4 is 5.73 Å². The quantitative estimate of drug-likeness (QED) is 0.745. The van der Waals surface area contributed by atoms with Crippen molar-refractivity contribution in [1.29, 1.82) is 0 Å². The number of carbonyl (C=O) groups excluding carboxylic acids is 1. The lowest BCUT2D eigenvalue weighted by molar-refractivity contribution is 0.00842. The Hall–Kier alpha value is -0.430. The van der Waals surface area contributed by atoms with E-state index in [2.05, 4.69) is 31.9 Å². The molecule has 0 spiro atoms. The van der Waals surface area contributed by atoms with E-state index in [1.807, 2.05) is 23.1 Å². The van der Waals surface area contributed by atoms with Crippen molar-refractivity contribution in [1.82, 2.24) is 4.90 Å². The van der Waals surface area contributed by atoms with Crippen LogP contribution in [0.1, 0.15) is 29.6 Å². The van der Waals surface area contributed by atoms with E-state index >= 15 is 0 Å². The van der Waals surface area contributed by atoms with Crippen molar-refractivity contribution in [3.63, 3.8) is 0 Å². The summed E-state index contributed by atoms with van der Waals surface area (Å²) in [6, 6.07) is 5.66. The lowest BCUT2D eigenvalue weighted by atomic mass is 10.1. The number of ether oxygens (including phenoxy) is 1. The van der Waals surface area contributed by atoms with Crippen molar-refractivity contribution in [3.05, 3.63) is 32.7 Å². The van der Waals surface area contributed by atoms with Gasteiger partial charge >= 0.3 is 0 Å². The summed E-state index contributed by atoms with van der Waals surface area (Å²) in [6.45, 7) is 2.86. The van der Waals surface area contributed by atoms with Crippen LogP contribution in [0, 0.1) is 0 Å². The second kappa shape index (κ2) is 8.27. The Morgan fingerprint density at radius 2 is 2.05 bits per heavy atom. The molecule has 1 amide bonds. The molecule has 0 saturated carbocycles. The van der Waals surface area contributed by atoms with Gasteiger partial charge in [0.15, 0.2) is 0 Å². The van der Waals surface area contributed by atoms with Crippen LogP contribution in [0.3, 0.4) is 0 Å². The summed E-state index contributed by atoms with van der Waals surface area (Å²) in [4.78, 5) is 14.5. The van der Waals surface area contributed by atoms with Crippen LogP contribution >= 0.6 is 31.9 Å². The molecule has 0 bridgehead atoms. The molecule has 1 aliphatic rings. The Balaban J connectivity index is 1.89. The normalized spacial score (nSPS) is 16.2. The molecule has 116 valence electrons. The average Bonchev–Trinajstić information content (AvgIpc) is 2.50. The van der Waals surface area contributed by atoms with E-state index in [0.717, 1.165) is 41.3 Å². The zero-order valence-electron chi connectivity index (χ0n) is 11.9. The number of carbonyl (C=O) groups is 1. The molecule has 0 unspecified atom stereocenters. The summed E-state index contributed by atoms with van der Waals surface area (Å²) >= 11 is 6.86. The van der Waals surface area contributed by atoms with Gasteiger partial charge in [-0.15, -0.1) is 0 Å². The average molecular weight is 420 g/mol. The van der Waals surface area contributed by atoms with Gasteiger partial charge in [0.1, 0.15) is 0 Å². The van der Waals surface area contributed by atoms with Gasteiger partial charge in [0.2, 0.25) is 0 Å². The first-order valence-corrected chi connectivity index (χ1v) is 8.76. The number of amides is 1. The molecule has 1 fully saturated rings. The molecule has 1 aromatic carbocycles. The minimum absolute atomic E-state index is 0.0728. The highest BCUT2D eigenvalue weighted by molar-refractivity contribution is 9.11. The van der Waals surface area contributed by atoms with E-state index < -0.39 is 0 Å². The predicted octanol–water partition coefficient (Wildman–Crippen LogP) is 3.18. The Bertz CT molecular complexity index is 489. The molecule has 0 aliphatic carbocycles. The SMILES string of the molecule is NCCCOC1CCN(C(=O)c2cc(Br)ccc2Br)CC1. The van der Waals surface area contributed by atoms with Crippen LogP contribution in [0.5, 0.6) is 0 Å². The number of nitrogens with two attached hydrogens (primary N) is 1. The molecule has 2 N–H and O–H groups in total. The summed E-state index contributed by atoms with van der Waals surface area (Å²) in [5.74, 6) is 0.0728. The summed E-state index contributed by atoms with van der Waals surface area (Å²) in [7, 11) is 0. The molecule has 1 aliphatic heterocycles. The first-order valence-electron chi connectivity index (χ1n) is 7.18. The molecule has 21 heavy (non-hydrogen) atoms. The minimum atomic E-state index is 0.0728. The summed E-state index contributed by atoms with van der Waals surface area (Å²) < 4.78 is 7.51. The van der Waals surface area contributed by atoms with Gasteiger partial charge in [-0.1, -0.05) is 15.9 Å². The number of benzene rings is 1. The molecule has 4 nitrogen and oxygen atoms in total. The molecule has 0 radical (unpaired) electrons. The van der Waals surface area contributed by atoms with E-state index in [9.17, 15) is 4.79 Å². The van der Waals surface area contributed by atoms with Crippen LogP contribution in [0.4, 0.5) is 0 Å². The predicted molar refractivity (Wildman–Crippen MR) is 90.4 cm³/mol. The number of likely N-dealkylation sites (tertiary alicyclic amines) is 1. The number of hydrogen-bond acceptors (Lipinski definition) is 3. The van der Waals surface area contributed by atoms with Gasteiger partial charge in [-0.3, -0.25) is 4.79 Å². The summed E-state index contributed by atoms with van der Waals surface area (Å²) in [5.41, 5.74) is 6.16. The maximum atomic E-state index is 12.6. The van der Waals surface area contributed by atoms with Gasteiger partial charge < -0.3 is 15.4 Å². The summed E-state index contributed by atoms with van der Waals surface area (Å²) in [6.07, 6.45) is 2.93. The molecule has 6 heteroatoms. The monoisotopic (exact) mass is 418 g/mol. The van der Waals surface area contributed by atoms with Crippen LogP contribution in [-0.4, -0.2) is 43.2 Å². The van der Waals surface area contributed by atoms with Crippen molar-refractivity contribution in [2.45, 2.75) is 25.4 Å². The van der Waals surface area contributed by atoms with Crippen molar-refractivity contribution >= 4 is 37.8 Å². The smallest absolute Gasteiger partial charge is 0.255 e. The number of halogens is 2. The second-order valence-corrected chi connectivity index (χ2v) is 6.90. The fourth-order valence-corrected chi connectivity index (χ4v) is 3.17. The second-order valence-electron chi connectivity index (χ2n) is 5.13. The fraction of sp³-hybridized carbons (Fsp3) is 0.533. The van der Waals surface area contributed by atoms with Crippen LogP contribution in [0.25, 0.3) is 0 Å². The zero-order valence-corrected chi connectivity index (χ0v) is 15.0. The molecule has 1 saturated heterocycles. The Kier molecular flexibility index (Phi) is 6.67. The highest BCUT2D eigenvalue weighted by Crippen LogP contribution is 2.24. The van der Waals surface area contributed by atoms with Crippen LogP contribution in [-0.2, 0) is 4.74 Å². The topological polar surface area (TPSA) is 55.6 Å². The van der Waals surface area contributed by atoms with Crippen molar-refractivity contribution < 1.29 is 9.53 Å². The van der Waals surface area contributed by atoms with Gasteiger partial charge in [0.25, 0.3) is 5.91 Å². The minimum Gasteiger partial charge on any atom is -0.378 e. The van der Waals surface area contributed by atoms with Crippen LogP contribution in [0.15, 0.2) is 27.1 Å². The van der Waals surface area contributed by atoms with E-state index in [0.29, 0.717) is 18.7 Å². The van der Waals surface area contributed by atoms with Gasteiger partial charge in [-0.05, 0) is 59.9 Å². The first kappa shape index (κ1) is 16.9. The third-order valence-electron chi connectivity index (χ3n) is 3.59.